The molecule has 0 bridgehead atoms. The average molecular weight is 227 g/mol. The van der Waals surface area contributed by atoms with E-state index in [1.807, 2.05) is 6.92 Å². The van der Waals surface area contributed by atoms with E-state index in [4.69, 9.17) is 0 Å². The van der Waals surface area contributed by atoms with Crippen LogP contribution in [0.1, 0.15) is 32.3 Å². The van der Waals surface area contributed by atoms with Crippen molar-refractivity contribution in [1.29, 1.82) is 0 Å². The molecule has 1 nitrogen and oxygen atoms in total. The van der Waals surface area contributed by atoms with Crippen molar-refractivity contribution in [3.63, 3.8) is 0 Å². The highest BCUT2D eigenvalue weighted by Crippen LogP contribution is 2.20. The van der Waals surface area contributed by atoms with E-state index in [9.17, 15) is 8.78 Å². The molecule has 0 heterocycles. The fourth-order valence-electron chi connectivity index (χ4n) is 1.60. The smallest absolute Gasteiger partial charge is 0.162 e. The van der Waals surface area contributed by atoms with Crippen molar-refractivity contribution in [3.8, 4) is 0 Å². The summed E-state index contributed by atoms with van der Waals surface area (Å²) in [5.41, 5.74) is 0.441. The Kier molecular flexibility index (Phi) is 4.87. The minimum absolute atomic E-state index is 0.0190. The van der Waals surface area contributed by atoms with Crippen molar-refractivity contribution in [2.24, 2.45) is 5.92 Å². The molecule has 0 saturated carbocycles. The van der Waals surface area contributed by atoms with Gasteiger partial charge in [-0.05, 0) is 30.0 Å². The minimum Gasteiger partial charge on any atom is -0.316 e. The summed E-state index contributed by atoms with van der Waals surface area (Å²) in [4.78, 5) is 0. The molecule has 1 unspecified atom stereocenters. The van der Waals surface area contributed by atoms with Crippen molar-refractivity contribution >= 4 is 0 Å². The fraction of sp³-hybridized carbons (Fsp3) is 0.538. The molecule has 1 aromatic carbocycles. The van der Waals surface area contributed by atoms with E-state index in [1.165, 1.54) is 0 Å². The lowest BCUT2D eigenvalue weighted by Gasteiger charge is -2.15. The first kappa shape index (κ1) is 13.1. The molecule has 0 fully saturated rings. The van der Waals surface area contributed by atoms with Crippen molar-refractivity contribution in [1.82, 2.24) is 5.32 Å². The van der Waals surface area contributed by atoms with Crippen LogP contribution in [-0.4, -0.2) is 13.1 Å². The van der Waals surface area contributed by atoms with Gasteiger partial charge >= 0.3 is 0 Å². The summed E-state index contributed by atoms with van der Waals surface area (Å²) < 4.78 is 26.4. The molecule has 0 radical (unpaired) electrons. The SMILES string of the molecule is CC(C)CNCC(C)c1cccc(F)c1F. The molecule has 0 spiro atoms. The third-order valence-corrected chi connectivity index (χ3v) is 2.52. The maximum absolute atomic E-state index is 13.4. The second-order valence-corrected chi connectivity index (χ2v) is 4.60. The van der Waals surface area contributed by atoms with Gasteiger partial charge in [-0.15, -0.1) is 0 Å². The van der Waals surface area contributed by atoms with E-state index < -0.39 is 11.6 Å². The van der Waals surface area contributed by atoms with Crippen molar-refractivity contribution in [3.05, 3.63) is 35.4 Å². The van der Waals surface area contributed by atoms with Crippen molar-refractivity contribution in [2.75, 3.05) is 13.1 Å². The van der Waals surface area contributed by atoms with Crippen molar-refractivity contribution < 1.29 is 8.78 Å². The summed E-state index contributed by atoms with van der Waals surface area (Å²) in [7, 11) is 0. The molecule has 1 N–H and O–H groups in total. The van der Waals surface area contributed by atoms with E-state index in [0.717, 1.165) is 12.6 Å². The predicted octanol–water partition coefficient (Wildman–Crippen LogP) is 3.31. The Hall–Kier alpha value is -0.960. The number of benzene rings is 1. The Labute approximate surface area is 95.9 Å². The van der Waals surface area contributed by atoms with Crippen molar-refractivity contribution in [2.45, 2.75) is 26.7 Å². The Morgan fingerprint density at radius 2 is 1.81 bits per heavy atom. The van der Waals surface area contributed by atoms with E-state index in [1.54, 1.807) is 12.1 Å². The van der Waals surface area contributed by atoms with Crippen LogP contribution in [0, 0.1) is 17.6 Å². The number of hydrogen-bond donors (Lipinski definition) is 1. The molecule has 90 valence electrons. The third-order valence-electron chi connectivity index (χ3n) is 2.52. The van der Waals surface area contributed by atoms with Crippen LogP contribution in [0.25, 0.3) is 0 Å². The zero-order valence-corrected chi connectivity index (χ0v) is 10.1. The van der Waals surface area contributed by atoms with Gasteiger partial charge in [0.25, 0.3) is 0 Å². The van der Waals surface area contributed by atoms with Crippen LogP contribution >= 0.6 is 0 Å². The summed E-state index contributed by atoms with van der Waals surface area (Å²) in [6.45, 7) is 7.67. The van der Waals surface area contributed by atoms with Crippen LogP contribution in [0.3, 0.4) is 0 Å². The molecule has 1 rings (SSSR count). The molecule has 0 saturated heterocycles. The van der Waals surface area contributed by atoms with Gasteiger partial charge in [0, 0.05) is 6.54 Å². The highest BCUT2D eigenvalue weighted by Gasteiger charge is 2.13. The summed E-state index contributed by atoms with van der Waals surface area (Å²) in [6.07, 6.45) is 0. The van der Waals surface area contributed by atoms with E-state index in [2.05, 4.69) is 19.2 Å². The van der Waals surface area contributed by atoms with E-state index >= 15 is 0 Å². The van der Waals surface area contributed by atoms with E-state index in [0.29, 0.717) is 18.0 Å². The molecule has 0 aliphatic rings. The number of hydrogen-bond acceptors (Lipinski definition) is 1. The molecule has 0 aliphatic heterocycles. The second kappa shape index (κ2) is 5.94. The summed E-state index contributed by atoms with van der Waals surface area (Å²) in [6, 6.07) is 4.33. The molecule has 0 amide bonds. The van der Waals surface area contributed by atoms with Gasteiger partial charge in [0.1, 0.15) is 0 Å². The molecule has 0 aliphatic carbocycles. The first-order valence-electron chi connectivity index (χ1n) is 5.67. The first-order chi connectivity index (χ1) is 7.52. The van der Waals surface area contributed by atoms with E-state index in [-0.39, 0.29) is 5.92 Å². The summed E-state index contributed by atoms with van der Waals surface area (Å²) in [5.74, 6) is -0.950. The molecule has 1 aromatic rings. The third kappa shape index (κ3) is 3.56. The van der Waals surface area contributed by atoms with Crippen LogP contribution in [-0.2, 0) is 0 Å². The molecule has 3 heteroatoms. The van der Waals surface area contributed by atoms with Crippen LogP contribution in [0.5, 0.6) is 0 Å². The first-order valence-corrected chi connectivity index (χ1v) is 5.67. The zero-order chi connectivity index (χ0) is 12.1. The molecular formula is C13H19F2N. The summed E-state index contributed by atoms with van der Waals surface area (Å²) in [5, 5.41) is 3.24. The van der Waals surface area contributed by atoms with Gasteiger partial charge in [-0.2, -0.15) is 0 Å². The van der Waals surface area contributed by atoms with Crippen LogP contribution in [0.4, 0.5) is 8.78 Å². The summed E-state index contributed by atoms with van der Waals surface area (Å²) >= 11 is 0. The quantitative estimate of drug-likeness (QED) is 0.813. The fourth-order valence-corrected chi connectivity index (χ4v) is 1.60. The molecule has 0 aromatic heterocycles. The Morgan fingerprint density at radius 1 is 1.12 bits per heavy atom. The number of halogens is 2. The molecule has 16 heavy (non-hydrogen) atoms. The number of nitrogens with one attached hydrogen (secondary N) is 1. The largest absolute Gasteiger partial charge is 0.316 e. The maximum Gasteiger partial charge on any atom is 0.162 e. The molecule has 1 atom stereocenters. The Balaban J connectivity index is 2.59. The average Bonchev–Trinajstić information content (AvgIpc) is 2.21. The lowest BCUT2D eigenvalue weighted by atomic mass is 10.00. The van der Waals surface area contributed by atoms with Gasteiger partial charge < -0.3 is 5.32 Å². The van der Waals surface area contributed by atoms with Gasteiger partial charge in [0.05, 0.1) is 0 Å². The van der Waals surface area contributed by atoms with Crippen LogP contribution in [0.15, 0.2) is 18.2 Å². The van der Waals surface area contributed by atoms with Gasteiger partial charge in [-0.25, -0.2) is 8.78 Å². The Morgan fingerprint density at radius 3 is 2.44 bits per heavy atom. The van der Waals surface area contributed by atoms with Gasteiger partial charge in [-0.3, -0.25) is 0 Å². The monoisotopic (exact) mass is 227 g/mol. The zero-order valence-electron chi connectivity index (χ0n) is 10.1. The second-order valence-electron chi connectivity index (χ2n) is 4.60. The standard InChI is InChI=1S/C13H19F2N/c1-9(2)7-16-8-10(3)11-5-4-6-12(14)13(11)15/h4-6,9-10,16H,7-8H2,1-3H3. The highest BCUT2D eigenvalue weighted by atomic mass is 19.2. The lowest BCUT2D eigenvalue weighted by molar-refractivity contribution is 0.478. The molecular weight excluding hydrogens is 208 g/mol. The maximum atomic E-state index is 13.4. The Bertz CT molecular complexity index is 337. The highest BCUT2D eigenvalue weighted by molar-refractivity contribution is 5.22. The van der Waals surface area contributed by atoms with Gasteiger partial charge in [0.15, 0.2) is 11.6 Å². The topological polar surface area (TPSA) is 12.0 Å². The number of rotatable bonds is 5. The normalized spacial score (nSPS) is 13.1. The minimum atomic E-state index is -0.770. The lowest BCUT2D eigenvalue weighted by Crippen LogP contribution is -2.24. The predicted molar refractivity (Wildman–Crippen MR) is 62.5 cm³/mol. The van der Waals surface area contributed by atoms with Gasteiger partial charge in [-0.1, -0.05) is 32.9 Å². The van der Waals surface area contributed by atoms with Crippen LogP contribution < -0.4 is 5.32 Å². The van der Waals surface area contributed by atoms with Gasteiger partial charge in [0.2, 0.25) is 0 Å². The van der Waals surface area contributed by atoms with Crippen LogP contribution in [0.2, 0.25) is 0 Å².